The minimum Gasteiger partial charge on any atom is -0.480 e. The number of rotatable bonds is 3. The Morgan fingerprint density at radius 1 is 1.60 bits per heavy atom. The Bertz CT molecular complexity index is 393. The minimum atomic E-state index is -1.09. The molecule has 15 heavy (non-hydrogen) atoms. The number of nitrogens with zero attached hydrogens (tertiary/aromatic N) is 2. The number of aliphatic carboxylic acids is 1. The van der Waals surface area contributed by atoms with Crippen molar-refractivity contribution in [3.63, 3.8) is 0 Å². The fourth-order valence-electron chi connectivity index (χ4n) is 0.897. The van der Waals surface area contributed by atoms with Crippen LogP contribution in [0.1, 0.15) is 19.4 Å². The van der Waals surface area contributed by atoms with Crippen LogP contribution in [0.25, 0.3) is 0 Å². The van der Waals surface area contributed by atoms with Crippen molar-refractivity contribution in [3.05, 3.63) is 17.0 Å². The Labute approximate surface area is 92.5 Å². The first-order valence-electron chi connectivity index (χ1n) is 4.33. The second-order valence-corrected chi connectivity index (χ2v) is 4.06. The fourth-order valence-corrected chi connectivity index (χ4v) is 1.03. The van der Waals surface area contributed by atoms with Crippen molar-refractivity contribution in [2.24, 2.45) is 0 Å². The summed E-state index contributed by atoms with van der Waals surface area (Å²) in [7, 11) is 0. The third kappa shape index (κ3) is 2.79. The topological polar surface area (TPSA) is 75.1 Å². The average Bonchev–Trinajstić information content (AvgIpc) is 2.10. The van der Waals surface area contributed by atoms with Crippen LogP contribution in [0, 0.1) is 6.92 Å². The van der Waals surface area contributed by atoms with E-state index in [4.69, 9.17) is 16.7 Å². The maximum absolute atomic E-state index is 10.9. The number of hydrogen-bond donors (Lipinski definition) is 2. The van der Waals surface area contributed by atoms with E-state index < -0.39 is 11.5 Å². The molecule has 0 fully saturated rings. The first kappa shape index (κ1) is 11.7. The van der Waals surface area contributed by atoms with E-state index in [9.17, 15) is 4.79 Å². The lowest BCUT2D eigenvalue weighted by Crippen LogP contribution is -2.40. The maximum atomic E-state index is 10.9. The molecule has 0 aliphatic carbocycles. The van der Waals surface area contributed by atoms with E-state index in [1.165, 1.54) is 6.20 Å². The smallest absolute Gasteiger partial charge is 0.328 e. The van der Waals surface area contributed by atoms with E-state index in [1.54, 1.807) is 20.8 Å². The first-order valence-corrected chi connectivity index (χ1v) is 4.71. The van der Waals surface area contributed by atoms with Crippen molar-refractivity contribution in [1.82, 2.24) is 9.97 Å². The predicted octanol–water partition coefficient (Wildman–Crippen LogP) is 1.71. The molecule has 0 aliphatic rings. The number of anilines is 1. The summed E-state index contributed by atoms with van der Waals surface area (Å²) >= 11 is 5.62. The van der Waals surface area contributed by atoms with Crippen molar-refractivity contribution in [1.29, 1.82) is 0 Å². The molecule has 0 amide bonds. The number of carbonyl (C=O) groups is 1. The zero-order valence-corrected chi connectivity index (χ0v) is 9.46. The molecule has 82 valence electrons. The average molecular weight is 230 g/mol. The van der Waals surface area contributed by atoms with Crippen LogP contribution >= 0.6 is 11.6 Å². The highest BCUT2D eigenvalue weighted by atomic mass is 35.5. The van der Waals surface area contributed by atoms with Crippen LogP contribution in [0.5, 0.6) is 0 Å². The molecule has 0 aliphatic heterocycles. The van der Waals surface area contributed by atoms with Crippen LogP contribution in [-0.4, -0.2) is 26.6 Å². The van der Waals surface area contributed by atoms with Crippen LogP contribution < -0.4 is 5.32 Å². The Kier molecular flexibility index (Phi) is 3.14. The molecule has 0 bridgehead atoms. The Balaban J connectivity index is 2.99. The second-order valence-electron chi connectivity index (χ2n) is 3.73. The summed E-state index contributed by atoms with van der Waals surface area (Å²) in [6, 6.07) is 0. The maximum Gasteiger partial charge on any atom is 0.328 e. The van der Waals surface area contributed by atoms with Gasteiger partial charge in [-0.2, -0.15) is 0 Å². The molecular formula is C9H12ClN3O2. The summed E-state index contributed by atoms with van der Waals surface area (Å²) in [6.07, 6.45) is 1.54. The standard InChI is InChI=1S/C9H12ClN3O2/c1-5-4-11-8(10)12-6(5)13-9(2,3)7(14)15/h4H,1-3H3,(H,14,15)(H,11,12,13). The van der Waals surface area contributed by atoms with Gasteiger partial charge in [0.05, 0.1) is 0 Å². The van der Waals surface area contributed by atoms with E-state index in [1.807, 2.05) is 0 Å². The number of aryl methyl sites for hydroxylation is 1. The molecule has 1 aromatic heterocycles. The van der Waals surface area contributed by atoms with Gasteiger partial charge in [0.2, 0.25) is 5.28 Å². The molecule has 0 spiro atoms. The molecule has 0 unspecified atom stereocenters. The van der Waals surface area contributed by atoms with Gasteiger partial charge in [-0.3, -0.25) is 0 Å². The van der Waals surface area contributed by atoms with Gasteiger partial charge in [-0.05, 0) is 32.4 Å². The van der Waals surface area contributed by atoms with Gasteiger partial charge in [0, 0.05) is 11.8 Å². The highest BCUT2D eigenvalue weighted by Gasteiger charge is 2.27. The third-order valence-electron chi connectivity index (χ3n) is 1.91. The van der Waals surface area contributed by atoms with Crippen LogP contribution in [0.3, 0.4) is 0 Å². The molecule has 2 N–H and O–H groups in total. The monoisotopic (exact) mass is 229 g/mol. The molecule has 0 radical (unpaired) electrons. The van der Waals surface area contributed by atoms with Gasteiger partial charge < -0.3 is 10.4 Å². The molecular weight excluding hydrogens is 218 g/mol. The van der Waals surface area contributed by atoms with Crippen molar-refractivity contribution in [2.45, 2.75) is 26.3 Å². The quantitative estimate of drug-likeness (QED) is 0.772. The lowest BCUT2D eigenvalue weighted by Gasteiger charge is -2.22. The molecule has 6 heteroatoms. The Hall–Kier alpha value is -1.36. The van der Waals surface area contributed by atoms with Crippen LogP contribution in [-0.2, 0) is 4.79 Å². The van der Waals surface area contributed by atoms with Gasteiger partial charge >= 0.3 is 5.97 Å². The molecule has 1 heterocycles. The van der Waals surface area contributed by atoms with Crippen LogP contribution in [0.15, 0.2) is 6.20 Å². The van der Waals surface area contributed by atoms with Crippen molar-refractivity contribution >= 4 is 23.4 Å². The summed E-state index contributed by atoms with van der Waals surface area (Å²) in [5.74, 6) is -0.529. The SMILES string of the molecule is Cc1cnc(Cl)nc1NC(C)(C)C(=O)O. The first-order chi connectivity index (χ1) is 6.83. The number of aromatic nitrogens is 2. The predicted molar refractivity (Wildman–Crippen MR) is 57.1 cm³/mol. The van der Waals surface area contributed by atoms with Crippen molar-refractivity contribution in [2.75, 3.05) is 5.32 Å². The summed E-state index contributed by atoms with van der Waals surface area (Å²) in [5.41, 5.74) is -0.351. The van der Waals surface area contributed by atoms with Gasteiger partial charge in [-0.1, -0.05) is 0 Å². The number of carboxylic acid groups (broad SMARTS) is 1. The Morgan fingerprint density at radius 3 is 2.73 bits per heavy atom. The van der Waals surface area contributed by atoms with E-state index in [2.05, 4.69) is 15.3 Å². The third-order valence-corrected chi connectivity index (χ3v) is 2.09. The van der Waals surface area contributed by atoms with Gasteiger partial charge in [0.15, 0.2) is 0 Å². The largest absolute Gasteiger partial charge is 0.480 e. The van der Waals surface area contributed by atoms with Gasteiger partial charge in [0.1, 0.15) is 11.4 Å². The van der Waals surface area contributed by atoms with E-state index in [0.717, 1.165) is 5.56 Å². The minimum absolute atomic E-state index is 0.0873. The molecule has 1 rings (SSSR count). The fraction of sp³-hybridized carbons (Fsp3) is 0.444. The second kappa shape index (κ2) is 4.02. The van der Waals surface area contributed by atoms with Gasteiger partial charge in [0.25, 0.3) is 0 Å². The van der Waals surface area contributed by atoms with E-state index >= 15 is 0 Å². The highest BCUT2D eigenvalue weighted by Crippen LogP contribution is 2.18. The summed E-state index contributed by atoms with van der Waals surface area (Å²) < 4.78 is 0. The highest BCUT2D eigenvalue weighted by molar-refractivity contribution is 6.28. The van der Waals surface area contributed by atoms with Crippen molar-refractivity contribution in [3.8, 4) is 0 Å². The van der Waals surface area contributed by atoms with E-state index in [0.29, 0.717) is 5.82 Å². The van der Waals surface area contributed by atoms with Gasteiger partial charge in [-0.25, -0.2) is 14.8 Å². The molecule has 0 aromatic carbocycles. The number of carboxylic acids is 1. The molecule has 0 saturated heterocycles. The molecule has 0 saturated carbocycles. The molecule has 1 aromatic rings. The number of halogens is 1. The number of hydrogen-bond acceptors (Lipinski definition) is 4. The Morgan fingerprint density at radius 2 is 2.20 bits per heavy atom. The summed E-state index contributed by atoms with van der Waals surface area (Å²) in [4.78, 5) is 18.6. The van der Waals surface area contributed by atoms with Crippen molar-refractivity contribution < 1.29 is 9.90 Å². The van der Waals surface area contributed by atoms with Crippen LogP contribution in [0.2, 0.25) is 5.28 Å². The lowest BCUT2D eigenvalue weighted by atomic mass is 10.1. The zero-order chi connectivity index (χ0) is 11.6. The summed E-state index contributed by atoms with van der Waals surface area (Å²) in [5, 5.41) is 11.8. The van der Waals surface area contributed by atoms with Crippen LogP contribution in [0.4, 0.5) is 5.82 Å². The van der Waals surface area contributed by atoms with Gasteiger partial charge in [-0.15, -0.1) is 0 Å². The van der Waals surface area contributed by atoms with E-state index in [-0.39, 0.29) is 5.28 Å². The molecule has 0 atom stereocenters. The lowest BCUT2D eigenvalue weighted by molar-refractivity contribution is -0.141. The zero-order valence-electron chi connectivity index (χ0n) is 8.71. The number of nitrogens with one attached hydrogen (secondary N) is 1. The normalized spacial score (nSPS) is 11.2. The summed E-state index contributed by atoms with van der Waals surface area (Å²) in [6.45, 7) is 4.87. The molecule has 5 nitrogen and oxygen atoms in total.